The summed E-state index contributed by atoms with van der Waals surface area (Å²) in [4.78, 5) is 39.4. The molecule has 130 valence electrons. The zero-order valence-corrected chi connectivity index (χ0v) is 14.8. The number of aliphatic imine (C=N–C) groups is 1. The second-order valence-corrected chi connectivity index (χ2v) is 5.59. The summed E-state index contributed by atoms with van der Waals surface area (Å²) in [6.45, 7) is 6.53. The van der Waals surface area contributed by atoms with Gasteiger partial charge >= 0.3 is 11.9 Å². The number of carbonyl (C=O) groups excluding carboxylic acids is 3. The van der Waals surface area contributed by atoms with E-state index in [0.29, 0.717) is 0 Å². The molecule has 0 saturated heterocycles. The number of benzene rings is 1. The SMILES string of the molecule is CCOC(=O)C(C=Nc1cccc(C(=O)OC(C)C)c1Cl)C(C)=O. The molecule has 6 nitrogen and oxygen atoms in total. The maximum atomic E-state index is 12.0. The highest BCUT2D eigenvalue weighted by molar-refractivity contribution is 6.36. The average Bonchev–Trinajstić information content (AvgIpc) is 2.48. The number of ether oxygens (including phenoxy) is 2. The molecule has 1 aromatic rings. The Hall–Kier alpha value is -2.21. The lowest BCUT2D eigenvalue weighted by Gasteiger charge is -2.10. The van der Waals surface area contributed by atoms with Crippen LogP contribution in [-0.4, -0.2) is 36.6 Å². The lowest BCUT2D eigenvalue weighted by Crippen LogP contribution is -2.25. The molecule has 0 bridgehead atoms. The molecule has 0 aliphatic heterocycles. The summed E-state index contributed by atoms with van der Waals surface area (Å²) in [5.41, 5.74) is 0.418. The van der Waals surface area contributed by atoms with Gasteiger partial charge in [0.1, 0.15) is 5.78 Å². The van der Waals surface area contributed by atoms with Crippen LogP contribution in [0.25, 0.3) is 0 Å². The van der Waals surface area contributed by atoms with E-state index in [2.05, 4.69) is 4.99 Å². The van der Waals surface area contributed by atoms with Gasteiger partial charge in [-0.2, -0.15) is 0 Å². The molecule has 1 atom stereocenters. The minimum atomic E-state index is -1.12. The number of ketones is 1. The second-order valence-electron chi connectivity index (χ2n) is 5.21. The van der Waals surface area contributed by atoms with E-state index in [9.17, 15) is 14.4 Å². The average molecular weight is 354 g/mol. The van der Waals surface area contributed by atoms with Crippen LogP contribution in [0.4, 0.5) is 5.69 Å². The number of Topliss-reactive ketones (excluding diaryl/α,β-unsaturated/α-hetero) is 1. The fourth-order valence-corrected chi connectivity index (χ4v) is 2.03. The molecule has 0 heterocycles. The summed E-state index contributed by atoms with van der Waals surface area (Å²) < 4.78 is 9.93. The third-order valence-electron chi connectivity index (χ3n) is 2.88. The van der Waals surface area contributed by atoms with E-state index in [1.165, 1.54) is 19.2 Å². The number of rotatable bonds is 7. The number of carbonyl (C=O) groups is 3. The number of esters is 2. The highest BCUT2D eigenvalue weighted by Crippen LogP contribution is 2.29. The molecule has 0 aromatic heterocycles. The minimum absolute atomic E-state index is 0.0885. The van der Waals surface area contributed by atoms with Crippen LogP contribution < -0.4 is 0 Å². The lowest BCUT2D eigenvalue weighted by molar-refractivity contribution is -0.148. The van der Waals surface area contributed by atoms with Crippen LogP contribution >= 0.6 is 11.6 Å². The third kappa shape index (κ3) is 5.45. The van der Waals surface area contributed by atoms with Crippen molar-refractivity contribution >= 4 is 41.2 Å². The maximum absolute atomic E-state index is 12.0. The van der Waals surface area contributed by atoms with Crippen molar-refractivity contribution in [1.29, 1.82) is 0 Å². The van der Waals surface area contributed by atoms with Gasteiger partial charge in [-0.1, -0.05) is 17.7 Å². The molecule has 0 saturated carbocycles. The van der Waals surface area contributed by atoms with Crippen molar-refractivity contribution < 1.29 is 23.9 Å². The number of nitrogens with zero attached hydrogens (tertiary/aromatic N) is 1. The van der Waals surface area contributed by atoms with Crippen molar-refractivity contribution in [2.24, 2.45) is 10.9 Å². The quantitative estimate of drug-likeness (QED) is 0.426. The van der Waals surface area contributed by atoms with Gasteiger partial charge in [0.15, 0.2) is 5.92 Å². The van der Waals surface area contributed by atoms with Gasteiger partial charge in [-0.3, -0.25) is 14.6 Å². The number of hydrogen-bond donors (Lipinski definition) is 0. The summed E-state index contributed by atoms with van der Waals surface area (Å²) in [5, 5.41) is 0.0885. The van der Waals surface area contributed by atoms with Crippen LogP contribution in [0.2, 0.25) is 5.02 Å². The van der Waals surface area contributed by atoms with Gasteiger partial charge in [0.05, 0.1) is 29.0 Å². The van der Waals surface area contributed by atoms with E-state index in [1.807, 2.05) is 0 Å². The molecule has 7 heteroatoms. The minimum Gasteiger partial charge on any atom is -0.465 e. The van der Waals surface area contributed by atoms with Crippen LogP contribution in [0, 0.1) is 5.92 Å². The van der Waals surface area contributed by atoms with Gasteiger partial charge in [-0.25, -0.2) is 4.79 Å². The summed E-state index contributed by atoms with van der Waals surface area (Å²) >= 11 is 6.18. The summed E-state index contributed by atoms with van der Waals surface area (Å²) in [5.74, 6) is -2.77. The van der Waals surface area contributed by atoms with Crippen molar-refractivity contribution in [3.8, 4) is 0 Å². The standard InChI is InChI=1S/C17H20ClNO5/c1-5-23-16(21)13(11(4)20)9-19-14-8-6-7-12(15(14)18)17(22)24-10(2)3/h6-10,13H,5H2,1-4H3. The monoisotopic (exact) mass is 353 g/mol. The first-order chi connectivity index (χ1) is 11.3. The Labute approximate surface area is 145 Å². The van der Waals surface area contributed by atoms with E-state index in [0.717, 1.165) is 0 Å². The Morgan fingerprint density at radius 3 is 2.50 bits per heavy atom. The van der Waals surface area contributed by atoms with Crippen molar-refractivity contribution in [2.75, 3.05) is 6.61 Å². The van der Waals surface area contributed by atoms with Crippen molar-refractivity contribution in [2.45, 2.75) is 33.8 Å². The van der Waals surface area contributed by atoms with Gasteiger partial charge in [-0.15, -0.1) is 0 Å². The van der Waals surface area contributed by atoms with Gasteiger partial charge in [0, 0.05) is 6.21 Å². The molecule has 1 aromatic carbocycles. The molecule has 0 N–H and O–H groups in total. The van der Waals surface area contributed by atoms with Gasteiger partial charge < -0.3 is 9.47 Å². The largest absolute Gasteiger partial charge is 0.465 e. The Bertz CT molecular complexity index is 654. The third-order valence-corrected chi connectivity index (χ3v) is 3.28. The molecule has 0 fully saturated rings. The van der Waals surface area contributed by atoms with E-state index >= 15 is 0 Å². The van der Waals surface area contributed by atoms with Crippen LogP contribution in [0.1, 0.15) is 38.1 Å². The molecule has 1 unspecified atom stereocenters. The van der Waals surface area contributed by atoms with E-state index in [4.69, 9.17) is 21.1 Å². The summed E-state index contributed by atoms with van der Waals surface area (Å²) in [6, 6.07) is 4.66. The van der Waals surface area contributed by atoms with Crippen molar-refractivity contribution in [3.05, 3.63) is 28.8 Å². The van der Waals surface area contributed by atoms with E-state index in [1.54, 1.807) is 32.9 Å². The van der Waals surface area contributed by atoms with Crippen LogP contribution in [0.15, 0.2) is 23.2 Å². The predicted octanol–water partition coefficient (Wildman–Crippen LogP) is 3.38. The van der Waals surface area contributed by atoms with E-state index in [-0.39, 0.29) is 29.0 Å². The summed E-state index contributed by atoms with van der Waals surface area (Å²) in [6.07, 6.45) is 0.880. The molecular formula is C17H20ClNO5. The Morgan fingerprint density at radius 2 is 1.96 bits per heavy atom. The fraction of sp³-hybridized carbons (Fsp3) is 0.412. The molecule has 0 amide bonds. The molecule has 0 radical (unpaired) electrons. The molecular weight excluding hydrogens is 334 g/mol. The van der Waals surface area contributed by atoms with Crippen LogP contribution in [0.3, 0.4) is 0 Å². The molecule has 1 rings (SSSR count). The first-order valence-corrected chi connectivity index (χ1v) is 7.86. The van der Waals surface area contributed by atoms with Crippen LogP contribution in [0.5, 0.6) is 0 Å². The number of hydrogen-bond acceptors (Lipinski definition) is 6. The first kappa shape index (κ1) is 19.8. The summed E-state index contributed by atoms with van der Waals surface area (Å²) in [7, 11) is 0. The smallest absolute Gasteiger partial charge is 0.339 e. The maximum Gasteiger partial charge on any atom is 0.339 e. The van der Waals surface area contributed by atoms with Crippen molar-refractivity contribution in [3.63, 3.8) is 0 Å². The molecule has 0 aliphatic rings. The molecule has 24 heavy (non-hydrogen) atoms. The zero-order valence-electron chi connectivity index (χ0n) is 14.0. The molecule has 0 spiro atoms. The van der Waals surface area contributed by atoms with Gasteiger partial charge in [-0.05, 0) is 39.8 Å². The van der Waals surface area contributed by atoms with Gasteiger partial charge in [0.25, 0.3) is 0 Å². The highest BCUT2D eigenvalue weighted by atomic mass is 35.5. The predicted molar refractivity (Wildman–Crippen MR) is 91.0 cm³/mol. The van der Waals surface area contributed by atoms with E-state index < -0.39 is 23.6 Å². The molecule has 0 aliphatic carbocycles. The first-order valence-electron chi connectivity index (χ1n) is 7.48. The highest BCUT2D eigenvalue weighted by Gasteiger charge is 2.23. The Balaban J connectivity index is 3.08. The Kier molecular flexibility index (Phi) is 7.58. The van der Waals surface area contributed by atoms with Crippen LogP contribution in [-0.2, 0) is 19.1 Å². The second kappa shape index (κ2) is 9.17. The zero-order chi connectivity index (χ0) is 18.3. The topological polar surface area (TPSA) is 82.0 Å². The number of halogens is 1. The normalized spacial score (nSPS) is 12.2. The van der Waals surface area contributed by atoms with Gasteiger partial charge in [0.2, 0.25) is 0 Å². The fourth-order valence-electron chi connectivity index (χ4n) is 1.77. The van der Waals surface area contributed by atoms with Crippen molar-refractivity contribution in [1.82, 2.24) is 0 Å². The Morgan fingerprint density at radius 1 is 1.29 bits per heavy atom. The lowest BCUT2D eigenvalue weighted by atomic mass is 10.1.